The first kappa shape index (κ1) is 14.5. The quantitative estimate of drug-likeness (QED) is 0.842. The maximum Gasteiger partial charge on any atom is 0.328 e. The zero-order chi connectivity index (χ0) is 14.5. The van der Waals surface area contributed by atoms with E-state index < -0.39 is 5.97 Å². The van der Waals surface area contributed by atoms with Gasteiger partial charge >= 0.3 is 5.97 Å². The molecule has 1 N–H and O–H groups in total. The van der Waals surface area contributed by atoms with E-state index >= 15 is 0 Å². The molecule has 0 spiro atoms. The average molecular weight is 279 g/mol. The normalized spacial score (nSPS) is 19.6. The van der Waals surface area contributed by atoms with Gasteiger partial charge in [0.15, 0.2) is 11.6 Å². The van der Waals surface area contributed by atoms with E-state index in [2.05, 4.69) is 4.90 Å². The fourth-order valence-corrected chi connectivity index (χ4v) is 2.60. The van der Waals surface area contributed by atoms with E-state index in [4.69, 9.17) is 9.84 Å². The summed E-state index contributed by atoms with van der Waals surface area (Å²) < 4.78 is 18.7. The predicted octanol–water partition coefficient (Wildman–Crippen LogP) is 2.61. The van der Waals surface area contributed by atoms with Gasteiger partial charge in [-0.05, 0) is 37.1 Å². The average Bonchev–Trinajstić information content (AvgIpc) is 2.86. The summed E-state index contributed by atoms with van der Waals surface area (Å²) in [5, 5.41) is 8.60. The Kier molecular flexibility index (Phi) is 4.74. The van der Waals surface area contributed by atoms with Crippen molar-refractivity contribution in [2.45, 2.75) is 18.9 Å². The van der Waals surface area contributed by atoms with E-state index in [9.17, 15) is 9.18 Å². The largest absolute Gasteiger partial charge is 0.494 e. The Bertz CT molecular complexity index is 516. The highest BCUT2D eigenvalue weighted by Crippen LogP contribution is 2.33. The van der Waals surface area contributed by atoms with Crippen molar-refractivity contribution in [1.82, 2.24) is 4.90 Å². The van der Waals surface area contributed by atoms with Gasteiger partial charge in [-0.25, -0.2) is 9.18 Å². The van der Waals surface area contributed by atoms with Crippen molar-refractivity contribution < 1.29 is 19.0 Å². The number of ether oxygens (including phenoxy) is 1. The van der Waals surface area contributed by atoms with Gasteiger partial charge in [0.05, 0.1) is 7.11 Å². The van der Waals surface area contributed by atoms with Crippen molar-refractivity contribution in [2.75, 3.05) is 20.2 Å². The minimum Gasteiger partial charge on any atom is -0.494 e. The van der Waals surface area contributed by atoms with Crippen LogP contribution in [-0.4, -0.2) is 36.2 Å². The highest BCUT2D eigenvalue weighted by molar-refractivity contribution is 5.79. The molecule has 0 radical (unpaired) electrons. The van der Waals surface area contributed by atoms with Crippen molar-refractivity contribution in [3.63, 3.8) is 0 Å². The van der Waals surface area contributed by atoms with E-state index in [-0.39, 0.29) is 17.6 Å². The fraction of sp³-hybridized carbons (Fsp3) is 0.400. The first-order chi connectivity index (χ1) is 9.61. The van der Waals surface area contributed by atoms with Gasteiger partial charge in [-0.15, -0.1) is 0 Å². The van der Waals surface area contributed by atoms with E-state index in [1.54, 1.807) is 12.1 Å². The van der Waals surface area contributed by atoms with Gasteiger partial charge < -0.3 is 9.84 Å². The van der Waals surface area contributed by atoms with Gasteiger partial charge in [0.1, 0.15) is 0 Å². The lowest BCUT2D eigenvalue weighted by Gasteiger charge is -2.23. The third kappa shape index (κ3) is 3.36. The molecule has 0 bridgehead atoms. The molecule has 1 aromatic rings. The van der Waals surface area contributed by atoms with E-state index in [0.29, 0.717) is 6.54 Å². The smallest absolute Gasteiger partial charge is 0.328 e. The van der Waals surface area contributed by atoms with Crippen molar-refractivity contribution in [3.8, 4) is 5.75 Å². The SMILES string of the molecule is COc1ccc(C2CCCN2CC=CC(=O)O)cc1F. The molecule has 1 aliphatic rings. The van der Waals surface area contributed by atoms with Crippen LogP contribution in [0.15, 0.2) is 30.4 Å². The zero-order valence-electron chi connectivity index (χ0n) is 11.4. The van der Waals surface area contributed by atoms with Gasteiger partial charge in [-0.3, -0.25) is 4.90 Å². The molecular weight excluding hydrogens is 261 g/mol. The number of carbonyl (C=O) groups is 1. The molecule has 2 rings (SSSR count). The molecular formula is C15H18FNO3. The molecule has 20 heavy (non-hydrogen) atoms. The number of halogens is 1. The van der Waals surface area contributed by atoms with Gasteiger partial charge in [0.25, 0.3) is 0 Å². The number of nitrogens with zero attached hydrogens (tertiary/aromatic N) is 1. The summed E-state index contributed by atoms with van der Waals surface area (Å²) in [5.41, 5.74) is 0.907. The second kappa shape index (κ2) is 6.52. The zero-order valence-corrected chi connectivity index (χ0v) is 11.4. The second-order valence-electron chi connectivity index (χ2n) is 4.79. The van der Waals surface area contributed by atoms with Gasteiger partial charge in [0, 0.05) is 18.7 Å². The van der Waals surface area contributed by atoms with Gasteiger partial charge in [-0.1, -0.05) is 12.1 Å². The molecule has 1 heterocycles. The lowest BCUT2D eigenvalue weighted by Crippen LogP contribution is -2.23. The molecule has 4 nitrogen and oxygen atoms in total. The Labute approximate surface area is 117 Å². The minimum absolute atomic E-state index is 0.133. The van der Waals surface area contributed by atoms with E-state index in [1.165, 1.54) is 13.2 Å². The highest BCUT2D eigenvalue weighted by atomic mass is 19.1. The van der Waals surface area contributed by atoms with Crippen molar-refractivity contribution in [3.05, 3.63) is 41.7 Å². The molecule has 1 aliphatic heterocycles. The molecule has 0 aliphatic carbocycles. The Balaban J connectivity index is 2.10. The van der Waals surface area contributed by atoms with Crippen LogP contribution in [-0.2, 0) is 4.79 Å². The van der Waals surface area contributed by atoms with Crippen LogP contribution in [0.2, 0.25) is 0 Å². The molecule has 0 aromatic heterocycles. The number of likely N-dealkylation sites (tertiary alicyclic amines) is 1. The molecule has 1 unspecified atom stereocenters. The topological polar surface area (TPSA) is 49.8 Å². The number of aliphatic carboxylic acids is 1. The van der Waals surface area contributed by atoms with Crippen LogP contribution in [0.5, 0.6) is 5.75 Å². The summed E-state index contributed by atoms with van der Waals surface area (Å²) in [4.78, 5) is 12.6. The summed E-state index contributed by atoms with van der Waals surface area (Å²) in [7, 11) is 1.44. The Hall–Kier alpha value is -1.88. The van der Waals surface area contributed by atoms with Crippen LogP contribution in [0, 0.1) is 5.82 Å². The summed E-state index contributed by atoms with van der Waals surface area (Å²) in [6, 6.07) is 5.14. The van der Waals surface area contributed by atoms with Crippen molar-refractivity contribution >= 4 is 5.97 Å². The monoisotopic (exact) mass is 279 g/mol. The van der Waals surface area contributed by atoms with Crippen LogP contribution < -0.4 is 4.74 Å². The molecule has 1 aromatic carbocycles. The lowest BCUT2D eigenvalue weighted by molar-refractivity contribution is -0.131. The molecule has 1 saturated heterocycles. The maximum absolute atomic E-state index is 13.8. The Morgan fingerprint density at radius 3 is 3.05 bits per heavy atom. The number of benzene rings is 1. The Morgan fingerprint density at radius 1 is 1.60 bits per heavy atom. The number of hydrogen-bond donors (Lipinski definition) is 1. The fourth-order valence-electron chi connectivity index (χ4n) is 2.60. The van der Waals surface area contributed by atoms with Gasteiger partial charge in [0.2, 0.25) is 0 Å². The van der Waals surface area contributed by atoms with Crippen LogP contribution >= 0.6 is 0 Å². The molecule has 0 amide bonds. The number of carboxylic acid groups (broad SMARTS) is 1. The molecule has 1 fully saturated rings. The van der Waals surface area contributed by atoms with Crippen LogP contribution in [0.4, 0.5) is 4.39 Å². The first-order valence-corrected chi connectivity index (χ1v) is 6.58. The summed E-state index contributed by atoms with van der Waals surface area (Å²) in [6.07, 6.45) is 4.75. The minimum atomic E-state index is -0.948. The van der Waals surface area contributed by atoms with Crippen LogP contribution in [0.1, 0.15) is 24.4 Å². The molecule has 108 valence electrons. The van der Waals surface area contributed by atoms with E-state index in [0.717, 1.165) is 31.0 Å². The number of carboxylic acids is 1. The predicted molar refractivity (Wildman–Crippen MR) is 73.3 cm³/mol. The summed E-state index contributed by atoms with van der Waals surface area (Å²) in [6.45, 7) is 1.45. The van der Waals surface area contributed by atoms with Gasteiger partial charge in [-0.2, -0.15) is 0 Å². The van der Waals surface area contributed by atoms with Crippen LogP contribution in [0.25, 0.3) is 0 Å². The standard InChI is InChI=1S/C15H18FNO3/c1-20-14-7-6-11(10-12(14)16)13-4-2-8-17(13)9-3-5-15(18)19/h3,5-7,10,13H,2,4,8-9H2,1H3,(H,18,19). The number of rotatable bonds is 5. The molecule has 1 atom stereocenters. The second-order valence-corrected chi connectivity index (χ2v) is 4.79. The number of hydrogen-bond acceptors (Lipinski definition) is 3. The van der Waals surface area contributed by atoms with Crippen molar-refractivity contribution in [2.24, 2.45) is 0 Å². The third-order valence-electron chi connectivity index (χ3n) is 3.52. The maximum atomic E-state index is 13.8. The Morgan fingerprint density at radius 2 is 2.40 bits per heavy atom. The molecule has 5 heteroatoms. The summed E-state index contributed by atoms with van der Waals surface area (Å²) in [5.74, 6) is -1.07. The number of methoxy groups -OCH3 is 1. The third-order valence-corrected chi connectivity index (χ3v) is 3.52. The lowest BCUT2D eigenvalue weighted by atomic mass is 10.0. The molecule has 0 saturated carbocycles. The van der Waals surface area contributed by atoms with Crippen molar-refractivity contribution in [1.29, 1.82) is 0 Å². The summed E-state index contributed by atoms with van der Waals surface area (Å²) >= 11 is 0. The van der Waals surface area contributed by atoms with Crippen LogP contribution in [0.3, 0.4) is 0 Å². The van der Waals surface area contributed by atoms with E-state index in [1.807, 2.05) is 6.07 Å². The highest BCUT2D eigenvalue weighted by Gasteiger charge is 2.25. The first-order valence-electron chi connectivity index (χ1n) is 6.58.